The molecule has 3 nitrogen and oxygen atoms in total. The summed E-state index contributed by atoms with van der Waals surface area (Å²) in [7, 11) is 0. The molecular weight excluding hydrogens is 301 g/mol. The first-order chi connectivity index (χ1) is 10.7. The molecule has 0 aromatic heterocycles. The molecule has 0 saturated heterocycles. The van der Waals surface area contributed by atoms with Crippen molar-refractivity contribution in [1.82, 2.24) is 0 Å². The van der Waals surface area contributed by atoms with Crippen molar-refractivity contribution >= 4 is 29.7 Å². The molecule has 0 N–H and O–H groups in total. The van der Waals surface area contributed by atoms with Crippen LogP contribution in [-0.4, -0.2) is 18.1 Å². The van der Waals surface area contributed by atoms with Crippen molar-refractivity contribution in [2.24, 2.45) is 4.99 Å². The number of thioether (sulfide) groups is 1. The Bertz CT molecular complexity index is 764. The summed E-state index contributed by atoms with van der Waals surface area (Å²) >= 11 is 1.65. The molecule has 2 aromatic rings. The quantitative estimate of drug-likeness (QED) is 0.490. The highest BCUT2D eigenvalue weighted by Crippen LogP contribution is 2.21. The molecule has 1 aliphatic rings. The van der Waals surface area contributed by atoms with E-state index in [-0.39, 0.29) is 17.4 Å². The molecule has 22 heavy (non-hydrogen) atoms. The van der Waals surface area contributed by atoms with E-state index in [4.69, 9.17) is 4.74 Å². The normalized spacial score (nSPS) is 15.8. The average Bonchev–Trinajstić information content (AvgIpc) is 2.90. The van der Waals surface area contributed by atoms with Crippen LogP contribution in [0.15, 0.2) is 64.1 Å². The Hall–Kier alpha value is -2.40. The standard InChI is InChI=1S/C17H12FNO2S/c1-22-14-8-2-11(3-9-14)10-15-17(20)21-16(19-15)12-4-6-13(18)7-5-12/h2-10H,1H3/b15-10+. The maximum Gasteiger partial charge on any atom is 0.363 e. The smallest absolute Gasteiger partial charge is 0.363 e. The predicted molar refractivity (Wildman–Crippen MR) is 85.2 cm³/mol. The van der Waals surface area contributed by atoms with Gasteiger partial charge in [-0.15, -0.1) is 11.8 Å². The molecule has 1 heterocycles. The van der Waals surface area contributed by atoms with Gasteiger partial charge < -0.3 is 4.74 Å². The van der Waals surface area contributed by atoms with Gasteiger partial charge in [-0.05, 0) is 54.3 Å². The fourth-order valence-corrected chi connectivity index (χ4v) is 2.39. The molecule has 3 rings (SSSR count). The fraction of sp³-hybridized carbons (Fsp3) is 0.0588. The van der Waals surface area contributed by atoms with Crippen LogP contribution >= 0.6 is 11.8 Å². The van der Waals surface area contributed by atoms with Gasteiger partial charge in [-0.2, -0.15) is 0 Å². The van der Waals surface area contributed by atoms with Crippen LogP contribution in [0, 0.1) is 5.82 Å². The van der Waals surface area contributed by atoms with E-state index in [1.54, 1.807) is 17.8 Å². The summed E-state index contributed by atoms with van der Waals surface area (Å²) in [6.07, 6.45) is 3.67. The van der Waals surface area contributed by atoms with Crippen LogP contribution in [0.2, 0.25) is 0 Å². The number of carbonyl (C=O) groups excluding carboxylic acids is 1. The minimum absolute atomic E-state index is 0.192. The zero-order chi connectivity index (χ0) is 15.5. The fourth-order valence-electron chi connectivity index (χ4n) is 1.98. The van der Waals surface area contributed by atoms with Gasteiger partial charge in [0.2, 0.25) is 5.90 Å². The molecule has 1 aliphatic heterocycles. The number of ether oxygens (including phenoxy) is 1. The third-order valence-electron chi connectivity index (χ3n) is 3.13. The second-order valence-electron chi connectivity index (χ2n) is 4.62. The van der Waals surface area contributed by atoms with Gasteiger partial charge in [0, 0.05) is 10.5 Å². The van der Waals surface area contributed by atoms with Gasteiger partial charge in [0.15, 0.2) is 5.70 Å². The molecule has 5 heteroatoms. The van der Waals surface area contributed by atoms with Crippen molar-refractivity contribution in [3.63, 3.8) is 0 Å². The number of hydrogen-bond acceptors (Lipinski definition) is 4. The van der Waals surface area contributed by atoms with Gasteiger partial charge in [0.25, 0.3) is 0 Å². The van der Waals surface area contributed by atoms with Crippen molar-refractivity contribution < 1.29 is 13.9 Å². The van der Waals surface area contributed by atoms with E-state index in [0.717, 1.165) is 10.5 Å². The number of cyclic esters (lactones) is 1. The third kappa shape index (κ3) is 3.09. The number of nitrogens with zero attached hydrogens (tertiary/aromatic N) is 1. The highest BCUT2D eigenvalue weighted by atomic mass is 32.2. The van der Waals surface area contributed by atoms with Crippen LogP contribution in [-0.2, 0) is 9.53 Å². The Balaban J connectivity index is 1.88. The Morgan fingerprint density at radius 2 is 1.77 bits per heavy atom. The summed E-state index contributed by atoms with van der Waals surface area (Å²) < 4.78 is 18.0. The lowest BCUT2D eigenvalue weighted by Crippen LogP contribution is -2.05. The maximum absolute atomic E-state index is 12.9. The van der Waals surface area contributed by atoms with Gasteiger partial charge in [0.05, 0.1) is 0 Å². The van der Waals surface area contributed by atoms with Crippen LogP contribution < -0.4 is 0 Å². The molecule has 0 bridgehead atoms. The van der Waals surface area contributed by atoms with E-state index in [1.165, 1.54) is 24.3 Å². The Morgan fingerprint density at radius 3 is 2.41 bits per heavy atom. The number of carbonyl (C=O) groups is 1. The van der Waals surface area contributed by atoms with Gasteiger partial charge >= 0.3 is 5.97 Å². The van der Waals surface area contributed by atoms with E-state index in [1.807, 2.05) is 30.5 Å². The molecule has 110 valence electrons. The SMILES string of the molecule is CSc1ccc(/C=C2/N=C(c3ccc(F)cc3)OC2=O)cc1. The zero-order valence-electron chi connectivity index (χ0n) is 11.7. The zero-order valence-corrected chi connectivity index (χ0v) is 12.6. The minimum Gasteiger partial charge on any atom is -0.402 e. The molecule has 0 unspecified atom stereocenters. The average molecular weight is 313 g/mol. The first-order valence-corrected chi connectivity index (χ1v) is 7.81. The number of halogens is 1. The minimum atomic E-state index is -0.506. The molecular formula is C17H12FNO2S. The highest BCUT2D eigenvalue weighted by molar-refractivity contribution is 7.98. The third-order valence-corrected chi connectivity index (χ3v) is 3.87. The lowest BCUT2D eigenvalue weighted by molar-refractivity contribution is -0.129. The summed E-state index contributed by atoms with van der Waals surface area (Å²) in [5.41, 5.74) is 1.67. The Labute approximate surface area is 131 Å². The van der Waals surface area contributed by atoms with Crippen LogP contribution in [0.4, 0.5) is 4.39 Å². The van der Waals surface area contributed by atoms with E-state index in [2.05, 4.69) is 4.99 Å². The highest BCUT2D eigenvalue weighted by Gasteiger charge is 2.24. The molecule has 0 radical (unpaired) electrons. The van der Waals surface area contributed by atoms with Crippen molar-refractivity contribution in [3.8, 4) is 0 Å². The lowest BCUT2D eigenvalue weighted by Gasteiger charge is -1.98. The first-order valence-electron chi connectivity index (χ1n) is 6.58. The van der Waals surface area contributed by atoms with Crippen LogP contribution in [0.3, 0.4) is 0 Å². The van der Waals surface area contributed by atoms with Crippen LogP contribution in [0.5, 0.6) is 0 Å². The van der Waals surface area contributed by atoms with E-state index >= 15 is 0 Å². The summed E-state index contributed by atoms with van der Waals surface area (Å²) in [6, 6.07) is 13.4. The maximum atomic E-state index is 12.9. The van der Waals surface area contributed by atoms with E-state index in [0.29, 0.717) is 5.56 Å². The number of esters is 1. The topological polar surface area (TPSA) is 38.7 Å². The van der Waals surface area contributed by atoms with Crippen LogP contribution in [0.1, 0.15) is 11.1 Å². The van der Waals surface area contributed by atoms with Crippen molar-refractivity contribution in [2.45, 2.75) is 4.90 Å². The molecule has 0 saturated carbocycles. The van der Waals surface area contributed by atoms with E-state index < -0.39 is 5.97 Å². The van der Waals surface area contributed by atoms with Crippen LogP contribution in [0.25, 0.3) is 6.08 Å². The molecule has 2 aromatic carbocycles. The van der Waals surface area contributed by atoms with Gasteiger partial charge in [-0.1, -0.05) is 12.1 Å². The summed E-state index contributed by atoms with van der Waals surface area (Å²) in [6.45, 7) is 0. The summed E-state index contributed by atoms with van der Waals surface area (Å²) in [5, 5.41) is 0. The van der Waals surface area contributed by atoms with Gasteiger partial charge in [-0.25, -0.2) is 14.2 Å². The lowest BCUT2D eigenvalue weighted by atomic mass is 10.2. The molecule has 0 atom stereocenters. The van der Waals surface area contributed by atoms with Gasteiger partial charge in [0.1, 0.15) is 5.82 Å². The second-order valence-corrected chi connectivity index (χ2v) is 5.50. The molecule has 0 aliphatic carbocycles. The predicted octanol–water partition coefficient (Wildman–Crippen LogP) is 3.89. The first kappa shape index (κ1) is 14.5. The van der Waals surface area contributed by atoms with E-state index in [9.17, 15) is 9.18 Å². The number of rotatable bonds is 3. The second kappa shape index (κ2) is 6.15. The molecule has 0 spiro atoms. The van der Waals surface area contributed by atoms with Crippen molar-refractivity contribution in [2.75, 3.05) is 6.26 Å². The molecule has 0 fully saturated rings. The number of benzene rings is 2. The summed E-state index contributed by atoms with van der Waals surface area (Å²) in [4.78, 5) is 17.2. The Kier molecular flexibility index (Phi) is 4.06. The summed E-state index contributed by atoms with van der Waals surface area (Å²) in [5.74, 6) is -0.663. The molecule has 0 amide bonds. The number of hydrogen-bond donors (Lipinski definition) is 0. The van der Waals surface area contributed by atoms with Crippen molar-refractivity contribution in [1.29, 1.82) is 0 Å². The monoisotopic (exact) mass is 313 g/mol. The van der Waals surface area contributed by atoms with Crippen molar-refractivity contribution in [3.05, 3.63) is 71.2 Å². The largest absolute Gasteiger partial charge is 0.402 e. The number of aliphatic imine (C=N–C) groups is 1. The Morgan fingerprint density at radius 1 is 1.09 bits per heavy atom. The van der Waals surface area contributed by atoms with Gasteiger partial charge in [-0.3, -0.25) is 0 Å².